The lowest BCUT2D eigenvalue weighted by atomic mass is 10.0. The van der Waals surface area contributed by atoms with E-state index >= 15 is 0 Å². The molecule has 1 atom stereocenters. The van der Waals surface area contributed by atoms with E-state index in [0.29, 0.717) is 6.61 Å². The van der Waals surface area contributed by atoms with Gasteiger partial charge in [0.05, 0.1) is 13.2 Å². The standard InChI is InChI=1S/C19H22F2O2/c1-3-17-15(13-22-12-14(2)19(20)21)8-7-11-18(17)23-16-9-5-4-6-10-16/h4-11,14,19H,3,12-13H2,1-2H3. The summed E-state index contributed by atoms with van der Waals surface area (Å²) < 4.78 is 36.4. The minimum Gasteiger partial charge on any atom is -0.457 e. The van der Waals surface area contributed by atoms with Gasteiger partial charge in [-0.15, -0.1) is 0 Å². The van der Waals surface area contributed by atoms with Crippen molar-refractivity contribution in [3.05, 3.63) is 59.7 Å². The number of hydrogen-bond acceptors (Lipinski definition) is 2. The van der Waals surface area contributed by atoms with Crippen LogP contribution in [0.2, 0.25) is 0 Å². The zero-order chi connectivity index (χ0) is 16.7. The van der Waals surface area contributed by atoms with Gasteiger partial charge in [0, 0.05) is 11.5 Å². The molecular weight excluding hydrogens is 298 g/mol. The molecule has 0 aromatic heterocycles. The van der Waals surface area contributed by atoms with Crippen LogP contribution in [0.25, 0.3) is 0 Å². The van der Waals surface area contributed by atoms with Crippen LogP contribution in [-0.2, 0) is 17.8 Å². The second-order valence-corrected chi connectivity index (χ2v) is 5.49. The Hall–Kier alpha value is -1.94. The van der Waals surface area contributed by atoms with E-state index < -0.39 is 12.3 Å². The molecule has 0 aliphatic carbocycles. The van der Waals surface area contributed by atoms with Gasteiger partial charge in [-0.1, -0.05) is 44.2 Å². The van der Waals surface area contributed by atoms with Crippen molar-refractivity contribution >= 4 is 0 Å². The molecule has 4 heteroatoms. The third kappa shape index (κ3) is 5.03. The maximum Gasteiger partial charge on any atom is 0.243 e. The van der Waals surface area contributed by atoms with Crippen molar-refractivity contribution in [2.45, 2.75) is 33.3 Å². The molecule has 23 heavy (non-hydrogen) atoms. The number of rotatable bonds is 8. The maximum absolute atomic E-state index is 12.5. The van der Waals surface area contributed by atoms with Gasteiger partial charge in [0.1, 0.15) is 11.5 Å². The first-order chi connectivity index (χ1) is 11.1. The number of para-hydroxylation sites is 1. The summed E-state index contributed by atoms with van der Waals surface area (Å²) in [6.45, 7) is 3.88. The first kappa shape index (κ1) is 17.4. The third-order valence-corrected chi connectivity index (χ3v) is 3.62. The van der Waals surface area contributed by atoms with Gasteiger partial charge in [-0.2, -0.15) is 0 Å². The predicted molar refractivity (Wildman–Crippen MR) is 87.2 cm³/mol. The number of benzene rings is 2. The normalized spacial score (nSPS) is 12.4. The highest BCUT2D eigenvalue weighted by atomic mass is 19.3. The molecule has 0 heterocycles. The molecule has 0 radical (unpaired) electrons. The van der Waals surface area contributed by atoms with Gasteiger partial charge in [0.15, 0.2) is 0 Å². The number of hydrogen-bond donors (Lipinski definition) is 0. The number of ether oxygens (including phenoxy) is 2. The molecule has 0 amide bonds. The summed E-state index contributed by atoms with van der Waals surface area (Å²) in [7, 11) is 0. The molecule has 0 fully saturated rings. The average molecular weight is 320 g/mol. The Balaban J connectivity index is 2.07. The van der Waals surface area contributed by atoms with Crippen molar-refractivity contribution in [1.82, 2.24) is 0 Å². The molecule has 124 valence electrons. The summed E-state index contributed by atoms with van der Waals surface area (Å²) in [5, 5.41) is 0. The highest BCUT2D eigenvalue weighted by Crippen LogP contribution is 2.28. The molecule has 0 spiro atoms. The van der Waals surface area contributed by atoms with Crippen LogP contribution in [-0.4, -0.2) is 13.0 Å². The van der Waals surface area contributed by atoms with Gasteiger partial charge in [-0.25, -0.2) is 8.78 Å². The molecule has 0 aliphatic heterocycles. The van der Waals surface area contributed by atoms with Crippen LogP contribution in [0, 0.1) is 5.92 Å². The first-order valence-corrected chi connectivity index (χ1v) is 7.81. The molecule has 2 aromatic carbocycles. The number of halogens is 2. The summed E-state index contributed by atoms with van der Waals surface area (Å²) in [5.74, 6) is 0.789. The van der Waals surface area contributed by atoms with Crippen molar-refractivity contribution in [2.75, 3.05) is 6.61 Å². The summed E-state index contributed by atoms with van der Waals surface area (Å²) >= 11 is 0. The van der Waals surface area contributed by atoms with Crippen molar-refractivity contribution in [2.24, 2.45) is 5.92 Å². The van der Waals surface area contributed by atoms with Gasteiger partial charge in [-0.3, -0.25) is 0 Å². The van der Waals surface area contributed by atoms with Crippen molar-refractivity contribution in [1.29, 1.82) is 0 Å². The Bertz CT molecular complexity index is 600. The van der Waals surface area contributed by atoms with E-state index in [-0.39, 0.29) is 6.61 Å². The van der Waals surface area contributed by atoms with Crippen molar-refractivity contribution in [3.8, 4) is 11.5 Å². The monoisotopic (exact) mass is 320 g/mol. The fraction of sp³-hybridized carbons (Fsp3) is 0.368. The molecule has 0 aliphatic rings. The lowest BCUT2D eigenvalue weighted by Gasteiger charge is -2.16. The molecule has 2 nitrogen and oxygen atoms in total. The summed E-state index contributed by atoms with van der Waals surface area (Å²) in [4.78, 5) is 0. The highest BCUT2D eigenvalue weighted by Gasteiger charge is 2.15. The van der Waals surface area contributed by atoms with Crippen LogP contribution in [0.3, 0.4) is 0 Å². The Morgan fingerprint density at radius 3 is 2.39 bits per heavy atom. The van der Waals surface area contributed by atoms with Gasteiger partial charge in [0.2, 0.25) is 6.43 Å². The molecule has 0 saturated carbocycles. The van der Waals surface area contributed by atoms with E-state index in [0.717, 1.165) is 29.0 Å². The minimum atomic E-state index is -2.35. The molecule has 2 aromatic rings. The van der Waals surface area contributed by atoms with Gasteiger partial charge in [-0.05, 0) is 30.2 Å². The Morgan fingerprint density at radius 1 is 1.00 bits per heavy atom. The second-order valence-electron chi connectivity index (χ2n) is 5.49. The SMILES string of the molecule is CCc1c(COCC(C)C(F)F)cccc1Oc1ccccc1. The third-order valence-electron chi connectivity index (χ3n) is 3.62. The van der Waals surface area contributed by atoms with Gasteiger partial charge >= 0.3 is 0 Å². The van der Waals surface area contributed by atoms with Gasteiger partial charge < -0.3 is 9.47 Å². The van der Waals surface area contributed by atoms with E-state index in [4.69, 9.17) is 9.47 Å². The van der Waals surface area contributed by atoms with Crippen LogP contribution in [0.4, 0.5) is 8.78 Å². The van der Waals surface area contributed by atoms with Gasteiger partial charge in [0.25, 0.3) is 0 Å². The summed E-state index contributed by atoms with van der Waals surface area (Å²) in [6, 6.07) is 15.3. The average Bonchev–Trinajstić information content (AvgIpc) is 2.56. The van der Waals surface area contributed by atoms with E-state index in [2.05, 4.69) is 0 Å². The lowest BCUT2D eigenvalue weighted by molar-refractivity contribution is 0.0115. The predicted octanol–water partition coefficient (Wildman–Crippen LogP) is 5.46. The fourth-order valence-corrected chi connectivity index (χ4v) is 2.29. The maximum atomic E-state index is 12.5. The zero-order valence-corrected chi connectivity index (χ0v) is 13.5. The quantitative estimate of drug-likeness (QED) is 0.643. The van der Waals surface area contributed by atoms with E-state index in [9.17, 15) is 8.78 Å². The molecule has 1 unspecified atom stereocenters. The smallest absolute Gasteiger partial charge is 0.243 e. The Morgan fingerprint density at radius 2 is 1.74 bits per heavy atom. The van der Waals surface area contributed by atoms with Crippen molar-refractivity contribution in [3.63, 3.8) is 0 Å². The van der Waals surface area contributed by atoms with Crippen molar-refractivity contribution < 1.29 is 18.3 Å². The topological polar surface area (TPSA) is 18.5 Å². The molecule has 2 rings (SSSR count). The zero-order valence-electron chi connectivity index (χ0n) is 13.5. The summed E-state index contributed by atoms with van der Waals surface area (Å²) in [5.41, 5.74) is 2.02. The summed E-state index contributed by atoms with van der Waals surface area (Å²) in [6.07, 6.45) is -1.57. The highest BCUT2D eigenvalue weighted by molar-refractivity contribution is 5.42. The van der Waals surface area contributed by atoms with Crippen LogP contribution in [0.5, 0.6) is 11.5 Å². The molecular formula is C19H22F2O2. The molecule has 0 bridgehead atoms. The minimum absolute atomic E-state index is 0.0462. The Labute approximate surface area is 136 Å². The van der Waals surface area contributed by atoms with Crippen LogP contribution in [0.15, 0.2) is 48.5 Å². The number of alkyl halides is 2. The van der Waals surface area contributed by atoms with Crippen LogP contribution < -0.4 is 4.74 Å². The molecule has 0 saturated heterocycles. The van der Waals surface area contributed by atoms with E-state index in [1.807, 2.05) is 55.5 Å². The van der Waals surface area contributed by atoms with E-state index in [1.165, 1.54) is 6.92 Å². The first-order valence-electron chi connectivity index (χ1n) is 7.81. The fourth-order valence-electron chi connectivity index (χ4n) is 2.29. The Kier molecular flexibility index (Phi) is 6.53. The van der Waals surface area contributed by atoms with Crippen LogP contribution in [0.1, 0.15) is 25.0 Å². The van der Waals surface area contributed by atoms with E-state index in [1.54, 1.807) is 0 Å². The van der Waals surface area contributed by atoms with Crippen LogP contribution >= 0.6 is 0 Å². The largest absolute Gasteiger partial charge is 0.457 e. The second kappa shape index (κ2) is 8.63. The lowest BCUT2D eigenvalue weighted by Crippen LogP contribution is -2.14. The molecule has 0 N–H and O–H groups in total.